The summed E-state index contributed by atoms with van der Waals surface area (Å²) in [5.41, 5.74) is 0.924. The highest BCUT2D eigenvalue weighted by Gasteiger charge is 2.11. The first-order valence-electron chi connectivity index (χ1n) is 4.54. The molecule has 0 heterocycles. The number of aliphatic hydroxyl groups is 1. The van der Waals surface area contributed by atoms with Crippen LogP contribution in [0.2, 0.25) is 0 Å². The summed E-state index contributed by atoms with van der Waals surface area (Å²) in [7, 11) is 1.59. The van der Waals surface area contributed by atoms with Gasteiger partial charge in [0, 0.05) is 4.47 Å². The Labute approximate surface area is 97.4 Å². The molecule has 0 fully saturated rings. The van der Waals surface area contributed by atoms with Gasteiger partial charge in [-0.1, -0.05) is 15.9 Å². The molecule has 1 aromatic carbocycles. The van der Waals surface area contributed by atoms with Crippen molar-refractivity contribution >= 4 is 15.9 Å². The molecule has 0 aromatic heterocycles. The van der Waals surface area contributed by atoms with Crippen LogP contribution in [0.25, 0.3) is 0 Å². The van der Waals surface area contributed by atoms with E-state index < -0.39 is 0 Å². The molecule has 0 bridgehead atoms. The van der Waals surface area contributed by atoms with Gasteiger partial charge in [0.1, 0.15) is 5.75 Å². The van der Waals surface area contributed by atoms with Gasteiger partial charge in [0.25, 0.3) is 0 Å². The summed E-state index contributed by atoms with van der Waals surface area (Å²) in [5.74, 6) is 0.361. The fraction of sp³-hybridized carbons (Fsp3) is 0.364. The number of halogens is 1. The zero-order valence-electron chi connectivity index (χ0n) is 8.40. The summed E-state index contributed by atoms with van der Waals surface area (Å²) in [6.07, 6.45) is 0.496. The highest BCUT2D eigenvalue weighted by Crippen LogP contribution is 2.25. The van der Waals surface area contributed by atoms with E-state index in [1.165, 1.54) is 0 Å². The second-order valence-corrected chi connectivity index (χ2v) is 4.08. The Hall–Kier alpha value is -1.05. The van der Waals surface area contributed by atoms with Crippen LogP contribution in [0, 0.1) is 17.2 Å². The minimum absolute atomic E-state index is 0.133. The molecule has 1 aromatic rings. The Bertz CT molecular complexity index is 373. The summed E-state index contributed by atoms with van der Waals surface area (Å²) in [4.78, 5) is 0. The molecule has 1 rings (SSSR count). The average Bonchev–Trinajstić information content (AvgIpc) is 2.26. The highest BCUT2D eigenvalue weighted by atomic mass is 79.9. The smallest absolute Gasteiger partial charge is 0.122 e. The Morgan fingerprint density at radius 1 is 1.60 bits per heavy atom. The molecular formula is C11H12BrNO2. The first-order valence-corrected chi connectivity index (χ1v) is 5.33. The molecule has 1 unspecified atom stereocenters. The van der Waals surface area contributed by atoms with Gasteiger partial charge in [-0.2, -0.15) is 5.26 Å². The molecule has 80 valence electrons. The summed E-state index contributed by atoms with van der Waals surface area (Å²) in [6, 6.07) is 7.67. The van der Waals surface area contributed by atoms with Crippen LogP contribution >= 0.6 is 15.9 Å². The van der Waals surface area contributed by atoms with Crippen molar-refractivity contribution in [2.45, 2.75) is 6.42 Å². The number of ether oxygens (including phenoxy) is 1. The van der Waals surface area contributed by atoms with E-state index in [1.807, 2.05) is 18.2 Å². The second kappa shape index (κ2) is 5.74. The van der Waals surface area contributed by atoms with Crippen LogP contribution < -0.4 is 4.74 Å². The van der Waals surface area contributed by atoms with E-state index in [-0.39, 0.29) is 12.5 Å². The van der Waals surface area contributed by atoms with Gasteiger partial charge in [0.05, 0.1) is 25.7 Å². The van der Waals surface area contributed by atoms with Crippen molar-refractivity contribution in [1.29, 1.82) is 5.26 Å². The molecule has 0 aliphatic carbocycles. The Balaban J connectivity index is 2.92. The van der Waals surface area contributed by atoms with Crippen LogP contribution in [0.4, 0.5) is 0 Å². The minimum Gasteiger partial charge on any atom is -0.496 e. The van der Waals surface area contributed by atoms with Gasteiger partial charge >= 0.3 is 0 Å². The summed E-state index contributed by atoms with van der Waals surface area (Å²) in [5, 5.41) is 17.7. The third-order valence-corrected chi connectivity index (χ3v) is 2.60. The van der Waals surface area contributed by atoms with E-state index in [1.54, 1.807) is 7.11 Å². The zero-order valence-corrected chi connectivity index (χ0v) is 9.99. The molecule has 0 saturated carbocycles. The van der Waals surface area contributed by atoms with Crippen LogP contribution in [-0.2, 0) is 6.42 Å². The summed E-state index contributed by atoms with van der Waals surface area (Å²) >= 11 is 3.36. The molecule has 3 nitrogen and oxygen atoms in total. The maximum absolute atomic E-state index is 8.95. The molecule has 15 heavy (non-hydrogen) atoms. The topological polar surface area (TPSA) is 53.2 Å². The van der Waals surface area contributed by atoms with Crippen molar-refractivity contribution in [2.24, 2.45) is 5.92 Å². The van der Waals surface area contributed by atoms with Crippen LogP contribution in [0.5, 0.6) is 5.75 Å². The molecule has 1 N–H and O–H groups in total. The molecular weight excluding hydrogens is 258 g/mol. The third kappa shape index (κ3) is 3.22. The van der Waals surface area contributed by atoms with Gasteiger partial charge in [-0.15, -0.1) is 0 Å². The van der Waals surface area contributed by atoms with Crippen LogP contribution in [-0.4, -0.2) is 18.8 Å². The first kappa shape index (κ1) is 12.0. The van der Waals surface area contributed by atoms with E-state index in [0.717, 1.165) is 15.8 Å². The molecule has 1 atom stereocenters. The van der Waals surface area contributed by atoms with Gasteiger partial charge < -0.3 is 9.84 Å². The lowest BCUT2D eigenvalue weighted by molar-refractivity contribution is 0.254. The third-order valence-electron chi connectivity index (χ3n) is 2.11. The Morgan fingerprint density at radius 3 is 2.87 bits per heavy atom. The number of hydrogen-bond donors (Lipinski definition) is 1. The number of methoxy groups -OCH3 is 1. The number of rotatable bonds is 4. The van der Waals surface area contributed by atoms with E-state index in [9.17, 15) is 0 Å². The van der Waals surface area contributed by atoms with Crippen LogP contribution in [0.15, 0.2) is 22.7 Å². The Kier molecular flexibility index (Phi) is 4.60. The monoisotopic (exact) mass is 269 g/mol. The predicted molar refractivity (Wildman–Crippen MR) is 60.6 cm³/mol. The van der Waals surface area contributed by atoms with E-state index in [0.29, 0.717) is 6.42 Å². The maximum atomic E-state index is 8.95. The lowest BCUT2D eigenvalue weighted by Crippen LogP contribution is -2.07. The van der Waals surface area contributed by atoms with E-state index in [4.69, 9.17) is 15.1 Å². The molecule has 0 radical (unpaired) electrons. The van der Waals surface area contributed by atoms with E-state index in [2.05, 4.69) is 22.0 Å². The van der Waals surface area contributed by atoms with Crippen LogP contribution in [0.3, 0.4) is 0 Å². The first-order chi connectivity index (χ1) is 7.21. The van der Waals surface area contributed by atoms with Gasteiger partial charge in [-0.25, -0.2) is 0 Å². The molecule has 0 amide bonds. The SMILES string of the molecule is COc1ccc(Br)cc1CC(C#N)CO. The molecule has 0 aliphatic rings. The van der Waals surface area contributed by atoms with Crippen molar-refractivity contribution in [3.63, 3.8) is 0 Å². The van der Waals surface area contributed by atoms with Gasteiger partial charge in [0.2, 0.25) is 0 Å². The van der Waals surface area contributed by atoms with Crippen molar-refractivity contribution in [3.05, 3.63) is 28.2 Å². The highest BCUT2D eigenvalue weighted by molar-refractivity contribution is 9.10. The molecule has 0 aliphatic heterocycles. The van der Waals surface area contributed by atoms with Crippen molar-refractivity contribution in [2.75, 3.05) is 13.7 Å². The van der Waals surface area contributed by atoms with Crippen molar-refractivity contribution in [1.82, 2.24) is 0 Å². The van der Waals surface area contributed by atoms with Crippen molar-refractivity contribution in [3.8, 4) is 11.8 Å². The normalized spacial score (nSPS) is 11.9. The van der Waals surface area contributed by atoms with Gasteiger partial charge in [-0.3, -0.25) is 0 Å². The van der Waals surface area contributed by atoms with Crippen molar-refractivity contribution < 1.29 is 9.84 Å². The number of aliphatic hydroxyl groups excluding tert-OH is 1. The standard InChI is InChI=1S/C11H12BrNO2/c1-15-11-3-2-10(12)5-9(11)4-8(6-13)7-14/h2-3,5,8,14H,4,7H2,1H3. The number of benzene rings is 1. The number of hydrogen-bond acceptors (Lipinski definition) is 3. The molecule has 4 heteroatoms. The maximum Gasteiger partial charge on any atom is 0.122 e. The summed E-state index contributed by atoms with van der Waals surface area (Å²) in [6.45, 7) is -0.133. The average molecular weight is 270 g/mol. The number of nitriles is 1. The molecule has 0 saturated heterocycles. The van der Waals surface area contributed by atoms with E-state index >= 15 is 0 Å². The fourth-order valence-electron chi connectivity index (χ4n) is 1.32. The number of nitrogens with zero attached hydrogens (tertiary/aromatic N) is 1. The Morgan fingerprint density at radius 2 is 2.33 bits per heavy atom. The zero-order chi connectivity index (χ0) is 11.3. The van der Waals surface area contributed by atoms with Crippen LogP contribution in [0.1, 0.15) is 5.56 Å². The summed E-state index contributed by atoms with van der Waals surface area (Å²) < 4.78 is 6.12. The quantitative estimate of drug-likeness (QED) is 0.911. The largest absolute Gasteiger partial charge is 0.496 e. The predicted octanol–water partition coefficient (Wildman–Crippen LogP) is 2.13. The minimum atomic E-state index is -0.381. The van der Waals surface area contributed by atoms with Gasteiger partial charge in [0.15, 0.2) is 0 Å². The second-order valence-electron chi connectivity index (χ2n) is 3.17. The molecule has 0 spiro atoms. The fourth-order valence-corrected chi connectivity index (χ4v) is 1.73. The van der Waals surface area contributed by atoms with Gasteiger partial charge in [-0.05, 0) is 30.2 Å². The lowest BCUT2D eigenvalue weighted by Gasteiger charge is -2.10. The lowest BCUT2D eigenvalue weighted by atomic mass is 10.0.